The Labute approximate surface area is 138 Å². The van der Waals surface area contributed by atoms with Crippen molar-refractivity contribution in [1.82, 2.24) is 4.98 Å². The molecular formula is C17H17N3O2S. The molecule has 0 atom stereocenters. The number of benzene rings is 2. The molecule has 0 aliphatic rings. The quantitative estimate of drug-likeness (QED) is 0.724. The molecule has 6 heteroatoms. The monoisotopic (exact) mass is 327 g/mol. The number of anilines is 2. The van der Waals surface area contributed by atoms with E-state index in [2.05, 4.69) is 15.6 Å². The lowest BCUT2D eigenvalue weighted by molar-refractivity contribution is -0.118. The zero-order chi connectivity index (χ0) is 16.1. The van der Waals surface area contributed by atoms with Crippen molar-refractivity contribution < 1.29 is 9.53 Å². The predicted molar refractivity (Wildman–Crippen MR) is 94.4 cm³/mol. The van der Waals surface area contributed by atoms with E-state index in [0.717, 1.165) is 28.1 Å². The number of rotatable bonds is 6. The maximum Gasteiger partial charge on any atom is 0.274 e. The van der Waals surface area contributed by atoms with Gasteiger partial charge in [0, 0.05) is 17.9 Å². The van der Waals surface area contributed by atoms with Crippen molar-refractivity contribution in [3.63, 3.8) is 0 Å². The van der Waals surface area contributed by atoms with E-state index in [1.807, 2.05) is 55.5 Å². The van der Waals surface area contributed by atoms with Gasteiger partial charge in [0.05, 0.1) is 10.2 Å². The van der Waals surface area contributed by atoms with Crippen molar-refractivity contribution >= 4 is 38.8 Å². The lowest BCUT2D eigenvalue weighted by Crippen LogP contribution is -2.20. The van der Waals surface area contributed by atoms with Gasteiger partial charge in [-0.25, -0.2) is 4.98 Å². The summed E-state index contributed by atoms with van der Waals surface area (Å²) in [7, 11) is 0. The Balaban J connectivity index is 1.54. The minimum atomic E-state index is -0.208. The number of aromatic nitrogens is 1. The van der Waals surface area contributed by atoms with Crippen molar-refractivity contribution in [3.8, 4) is 5.19 Å². The van der Waals surface area contributed by atoms with E-state index < -0.39 is 0 Å². The van der Waals surface area contributed by atoms with Gasteiger partial charge in [-0.2, -0.15) is 0 Å². The summed E-state index contributed by atoms with van der Waals surface area (Å²) in [6.45, 7) is 2.84. The highest BCUT2D eigenvalue weighted by Gasteiger charge is 2.08. The van der Waals surface area contributed by atoms with Crippen LogP contribution in [0.15, 0.2) is 48.5 Å². The molecular weight excluding hydrogens is 310 g/mol. The molecule has 3 aromatic rings. The molecule has 0 fully saturated rings. The van der Waals surface area contributed by atoms with Gasteiger partial charge in [-0.3, -0.25) is 4.79 Å². The number of hydrogen-bond acceptors (Lipinski definition) is 5. The first-order valence-corrected chi connectivity index (χ1v) is 8.18. The molecule has 1 heterocycles. The maximum absolute atomic E-state index is 11.9. The molecule has 23 heavy (non-hydrogen) atoms. The number of thiazole rings is 1. The summed E-state index contributed by atoms with van der Waals surface area (Å²) >= 11 is 1.43. The summed E-state index contributed by atoms with van der Waals surface area (Å²) in [4.78, 5) is 16.3. The fraction of sp³-hybridized carbons (Fsp3) is 0.176. The first-order valence-electron chi connectivity index (χ1n) is 7.37. The van der Waals surface area contributed by atoms with Crippen LogP contribution in [0.25, 0.3) is 10.2 Å². The van der Waals surface area contributed by atoms with Gasteiger partial charge in [0.1, 0.15) is 0 Å². The first kappa shape index (κ1) is 15.3. The molecule has 1 amide bonds. The highest BCUT2D eigenvalue weighted by atomic mass is 32.1. The number of para-hydroxylation sites is 1. The molecule has 0 bridgehead atoms. The zero-order valence-corrected chi connectivity index (χ0v) is 13.5. The van der Waals surface area contributed by atoms with E-state index >= 15 is 0 Å². The third-order valence-electron chi connectivity index (χ3n) is 3.15. The molecule has 0 saturated heterocycles. The summed E-state index contributed by atoms with van der Waals surface area (Å²) in [5, 5.41) is 6.51. The van der Waals surface area contributed by atoms with Gasteiger partial charge in [0.25, 0.3) is 11.1 Å². The Morgan fingerprint density at radius 2 is 1.87 bits per heavy atom. The average Bonchev–Trinajstić information content (AvgIpc) is 2.98. The minimum absolute atomic E-state index is 0.0607. The Morgan fingerprint density at radius 3 is 2.61 bits per heavy atom. The fourth-order valence-electron chi connectivity index (χ4n) is 2.11. The third-order valence-corrected chi connectivity index (χ3v) is 4.10. The molecule has 0 spiro atoms. The van der Waals surface area contributed by atoms with E-state index in [0.29, 0.717) is 5.19 Å². The van der Waals surface area contributed by atoms with Crippen LogP contribution in [0.1, 0.15) is 6.92 Å². The standard InChI is InChI=1S/C17H17N3O2S/c1-2-18-12-7-9-13(10-8-12)19-16(21)11-22-17-20-14-5-3-4-6-15(14)23-17/h3-10,18H,2,11H2,1H3,(H,19,21). The Hall–Kier alpha value is -2.60. The van der Waals surface area contributed by atoms with E-state index in [1.54, 1.807) is 0 Å². The summed E-state index contributed by atoms with van der Waals surface area (Å²) in [5.41, 5.74) is 2.65. The average molecular weight is 327 g/mol. The molecule has 3 rings (SSSR count). The minimum Gasteiger partial charge on any atom is -0.460 e. The van der Waals surface area contributed by atoms with Gasteiger partial charge in [0.15, 0.2) is 6.61 Å². The topological polar surface area (TPSA) is 63.2 Å². The molecule has 2 aromatic carbocycles. The van der Waals surface area contributed by atoms with Crippen LogP contribution in [0, 0.1) is 0 Å². The maximum atomic E-state index is 11.9. The van der Waals surface area contributed by atoms with Crippen molar-refractivity contribution in [3.05, 3.63) is 48.5 Å². The van der Waals surface area contributed by atoms with Crippen LogP contribution in [-0.4, -0.2) is 24.0 Å². The number of carbonyl (C=O) groups is 1. The third kappa shape index (κ3) is 3.98. The normalized spacial score (nSPS) is 10.5. The largest absolute Gasteiger partial charge is 0.460 e. The second-order valence-corrected chi connectivity index (χ2v) is 5.89. The Kier molecular flexibility index (Phi) is 4.73. The highest BCUT2D eigenvalue weighted by Crippen LogP contribution is 2.27. The molecule has 5 nitrogen and oxygen atoms in total. The van der Waals surface area contributed by atoms with Crippen LogP contribution in [0.4, 0.5) is 11.4 Å². The first-order chi connectivity index (χ1) is 11.2. The fourth-order valence-corrected chi connectivity index (χ4v) is 2.93. The van der Waals surface area contributed by atoms with E-state index in [9.17, 15) is 4.79 Å². The van der Waals surface area contributed by atoms with Crippen molar-refractivity contribution in [2.45, 2.75) is 6.92 Å². The second kappa shape index (κ2) is 7.11. The van der Waals surface area contributed by atoms with Crippen LogP contribution < -0.4 is 15.4 Å². The summed E-state index contributed by atoms with van der Waals surface area (Å²) in [6, 6.07) is 15.3. The van der Waals surface area contributed by atoms with Gasteiger partial charge in [0.2, 0.25) is 0 Å². The van der Waals surface area contributed by atoms with E-state index in [1.165, 1.54) is 11.3 Å². The summed E-state index contributed by atoms with van der Waals surface area (Å²) < 4.78 is 6.51. The molecule has 0 unspecified atom stereocenters. The molecule has 2 N–H and O–H groups in total. The van der Waals surface area contributed by atoms with Gasteiger partial charge < -0.3 is 15.4 Å². The Bertz CT molecular complexity index is 766. The van der Waals surface area contributed by atoms with Gasteiger partial charge >= 0.3 is 0 Å². The smallest absolute Gasteiger partial charge is 0.274 e. The van der Waals surface area contributed by atoms with E-state index in [4.69, 9.17) is 4.74 Å². The number of hydrogen-bond donors (Lipinski definition) is 2. The Morgan fingerprint density at radius 1 is 1.13 bits per heavy atom. The number of amides is 1. The van der Waals surface area contributed by atoms with Crippen molar-refractivity contribution in [1.29, 1.82) is 0 Å². The molecule has 118 valence electrons. The lowest BCUT2D eigenvalue weighted by Gasteiger charge is -2.07. The van der Waals surface area contributed by atoms with Gasteiger partial charge in [-0.05, 0) is 43.3 Å². The summed E-state index contributed by atoms with van der Waals surface area (Å²) in [6.07, 6.45) is 0. The van der Waals surface area contributed by atoms with Crippen LogP contribution in [0.3, 0.4) is 0 Å². The van der Waals surface area contributed by atoms with E-state index in [-0.39, 0.29) is 12.5 Å². The second-order valence-electron chi connectivity index (χ2n) is 4.89. The molecule has 0 saturated carbocycles. The lowest BCUT2D eigenvalue weighted by atomic mass is 10.3. The van der Waals surface area contributed by atoms with Gasteiger partial charge in [-0.1, -0.05) is 23.5 Å². The number of nitrogens with one attached hydrogen (secondary N) is 2. The van der Waals surface area contributed by atoms with Crippen LogP contribution >= 0.6 is 11.3 Å². The van der Waals surface area contributed by atoms with Crippen LogP contribution in [0.2, 0.25) is 0 Å². The molecule has 0 aliphatic heterocycles. The van der Waals surface area contributed by atoms with Crippen LogP contribution in [0.5, 0.6) is 5.19 Å². The van der Waals surface area contributed by atoms with Gasteiger partial charge in [-0.15, -0.1) is 0 Å². The van der Waals surface area contributed by atoms with Crippen LogP contribution in [-0.2, 0) is 4.79 Å². The molecule has 1 aromatic heterocycles. The van der Waals surface area contributed by atoms with Crippen molar-refractivity contribution in [2.24, 2.45) is 0 Å². The molecule has 0 aliphatic carbocycles. The number of fused-ring (bicyclic) bond motifs is 1. The zero-order valence-electron chi connectivity index (χ0n) is 12.7. The number of carbonyl (C=O) groups excluding carboxylic acids is 1. The van der Waals surface area contributed by atoms with Crippen molar-refractivity contribution in [2.75, 3.05) is 23.8 Å². The highest BCUT2D eigenvalue weighted by molar-refractivity contribution is 7.20. The SMILES string of the molecule is CCNc1ccc(NC(=O)COc2nc3ccccc3s2)cc1. The number of ether oxygens (including phenoxy) is 1. The summed E-state index contributed by atoms with van der Waals surface area (Å²) in [5.74, 6) is -0.208. The molecule has 0 radical (unpaired) electrons. The predicted octanol–water partition coefficient (Wildman–Crippen LogP) is 3.75. The number of nitrogens with zero attached hydrogens (tertiary/aromatic N) is 1.